The number of aromatic hydroxyl groups is 1. The summed E-state index contributed by atoms with van der Waals surface area (Å²) in [6.45, 7) is 5.45. The number of para-hydroxylation sites is 2. The molecule has 0 fully saturated rings. The number of hydrogen-bond donors (Lipinski definition) is 3. The summed E-state index contributed by atoms with van der Waals surface area (Å²) >= 11 is 0. The first-order valence-electron chi connectivity index (χ1n) is 11.9. The van der Waals surface area contributed by atoms with Gasteiger partial charge in [0.05, 0.1) is 19.1 Å². The van der Waals surface area contributed by atoms with Crippen LogP contribution in [0.3, 0.4) is 0 Å². The van der Waals surface area contributed by atoms with Crippen molar-refractivity contribution in [2.45, 2.75) is 26.3 Å². The van der Waals surface area contributed by atoms with Gasteiger partial charge in [-0.1, -0.05) is 24.3 Å². The van der Waals surface area contributed by atoms with Crippen LogP contribution in [0.4, 0.5) is 10.6 Å². The minimum absolute atomic E-state index is 0.0173. The molecule has 2 aromatic carbocycles. The Hall–Kier alpha value is -5.30. The van der Waals surface area contributed by atoms with Gasteiger partial charge < -0.3 is 29.6 Å². The molecule has 0 radical (unpaired) electrons. The van der Waals surface area contributed by atoms with E-state index in [1.54, 1.807) is 48.5 Å². The van der Waals surface area contributed by atoms with Crippen LogP contribution in [-0.2, 0) is 0 Å². The van der Waals surface area contributed by atoms with Gasteiger partial charge in [-0.2, -0.15) is 5.26 Å². The Labute approximate surface area is 224 Å². The number of nitrogens with one attached hydrogen (secondary N) is 2. The van der Waals surface area contributed by atoms with Gasteiger partial charge in [0.15, 0.2) is 23.1 Å². The van der Waals surface area contributed by atoms with Crippen molar-refractivity contribution >= 4 is 17.8 Å². The average molecular weight is 527 g/mol. The monoisotopic (exact) mass is 526 g/mol. The minimum atomic E-state index is -0.686. The van der Waals surface area contributed by atoms with Gasteiger partial charge in [0.1, 0.15) is 17.4 Å². The normalized spacial score (nSPS) is 10.8. The molecule has 2 amide bonds. The van der Waals surface area contributed by atoms with Crippen molar-refractivity contribution in [3.05, 3.63) is 78.3 Å². The fourth-order valence-corrected chi connectivity index (χ4v) is 3.82. The molecular formula is C29H26N4O6. The molecule has 0 atom stereocenters. The lowest BCUT2D eigenvalue weighted by Gasteiger charge is -2.21. The number of phenolic OH excluding ortho intramolecular Hbond substituents is 1. The number of rotatable bonds is 6. The molecule has 39 heavy (non-hydrogen) atoms. The number of furan rings is 1. The van der Waals surface area contributed by atoms with Crippen molar-refractivity contribution in [1.29, 1.82) is 5.26 Å². The minimum Gasteiger partial charge on any atom is -0.507 e. The summed E-state index contributed by atoms with van der Waals surface area (Å²) in [7, 11) is 1.41. The Morgan fingerprint density at radius 1 is 1.03 bits per heavy atom. The van der Waals surface area contributed by atoms with Crippen LogP contribution in [0.15, 0.2) is 71.3 Å². The molecule has 198 valence electrons. The molecular weight excluding hydrogens is 500 g/mol. The zero-order chi connectivity index (χ0) is 28.2. The molecule has 0 aliphatic carbocycles. The van der Waals surface area contributed by atoms with E-state index in [1.807, 2.05) is 20.8 Å². The van der Waals surface area contributed by atoms with Crippen LogP contribution >= 0.6 is 0 Å². The predicted molar refractivity (Wildman–Crippen MR) is 144 cm³/mol. The molecule has 2 heterocycles. The number of pyridine rings is 1. The summed E-state index contributed by atoms with van der Waals surface area (Å²) in [6, 6.07) is 18.1. The van der Waals surface area contributed by atoms with E-state index < -0.39 is 17.5 Å². The van der Waals surface area contributed by atoms with Gasteiger partial charge in [-0.25, -0.2) is 9.78 Å². The fraction of sp³-hybridized carbons (Fsp3) is 0.172. The Kier molecular flexibility index (Phi) is 7.53. The topological polar surface area (TPSA) is 147 Å². The number of aromatic nitrogens is 1. The quantitative estimate of drug-likeness (QED) is 0.288. The Morgan fingerprint density at radius 3 is 2.41 bits per heavy atom. The largest absolute Gasteiger partial charge is 0.507 e. The summed E-state index contributed by atoms with van der Waals surface area (Å²) in [5.74, 6) is -0.417. The second kappa shape index (κ2) is 11.0. The maximum absolute atomic E-state index is 12.8. The molecule has 0 saturated heterocycles. The zero-order valence-corrected chi connectivity index (χ0v) is 21.7. The molecule has 3 N–H and O–H groups in total. The zero-order valence-electron chi connectivity index (χ0n) is 21.7. The lowest BCUT2D eigenvalue weighted by atomic mass is 9.97. The summed E-state index contributed by atoms with van der Waals surface area (Å²) in [4.78, 5) is 29.8. The lowest BCUT2D eigenvalue weighted by molar-refractivity contribution is 0.0996. The number of nitrogens with zero attached hydrogens (tertiary/aromatic N) is 2. The number of carbonyl (C=O) groups is 2. The smallest absolute Gasteiger partial charge is 0.413 e. The Morgan fingerprint density at radius 2 is 1.77 bits per heavy atom. The average Bonchev–Trinajstić information content (AvgIpc) is 3.42. The van der Waals surface area contributed by atoms with E-state index in [9.17, 15) is 20.0 Å². The van der Waals surface area contributed by atoms with Crippen molar-refractivity contribution in [3.8, 4) is 45.7 Å². The molecule has 4 aromatic rings. The van der Waals surface area contributed by atoms with E-state index in [0.717, 1.165) is 0 Å². The maximum atomic E-state index is 12.8. The van der Waals surface area contributed by atoms with Crippen molar-refractivity contribution in [2.24, 2.45) is 0 Å². The van der Waals surface area contributed by atoms with E-state index >= 15 is 0 Å². The first-order chi connectivity index (χ1) is 18.6. The van der Waals surface area contributed by atoms with Gasteiger partial charge in [0, 0.05) is 22.2 Å². The van der Waals surface area contributed by atoms with Crippen LogP contribution in [0.2, 0.25) is 0 Å². The third-order valence-electron chi connectivity index (χ3n) is 5.44. The number of amides is 2. The SMILES string of the molecule is COc1c(OC(=O)NC(C)(C)C)cccc1-c1cc(-c2ccccc2O)nc(NC(=O)c2ccco2)c1C#N. The number of phenols is 1. The summed E-state index contributed by atoms with van der Waals surface area (Å²) in [6.07, 6.45) is 0.665. The molecule has 0 aliphatic heterocycles. The van der Waals surface area contributed by atoms with Crippen LogP contribution < -0.4 is 20.1 Å². The first-order valence-corrected chi connectivity index (χ1v) is 11.9. The molecule has 4 rings (SSSR count). The first kappa shape index (κ1) is 26.8. The molecule has 10 nitrogen and oxygen atoms in total. The predicted octanol–water partition coefficient (Wildman–Crippen LogP) is 5.73. The van der Waals surface area contributed by atoms with Gasteiger partial charge in [0.2, 0.25) is 0 Å². The highest BCUT2D eigenvalue weighted by atomic mass is 16.6. The van der Waals surface area contributed by atoms with Gasteiger partial charge in [-0.15, -0.1) is 0 Å². The van der Waals surface area contributed by atoms with Gasteiger partial charge in [-0.3, -0.25) is 4.79 Å². The number of ether oxygens (including phenoxy) is 2. The molecule has 10 heteroatoms. The van der Waals surface area contributed by atoms with E-state index in [1.165, 1.54) is 25.5 Å². The van der Waals surface area contributed by atoms with Crippen LogP contribution in [0.25, 0.3) is 22.4 Å². The van der Waals surface area contributed by atoms with Gasteiger partial charge in [-0.05, 0) is 57.2 Å². The fourth-order valence-electron chi connectivity index (χ4n) is 3.82. The van der Waals surface area contributed by atoms with E-state index in [2.05, 4.69) is 21.7 Å². The molecule has 0 bridgehead atoms. The summed E-state index contributed by atoms with van der Waals surface area (Å²) in [5, 5.41) is 26.0. The summed E-state index contributed by atoms with van der Waals surface area (Å²) < 4.78 is 16.3. The van der Waals surface area contributed by atoms with Gasteiger partial charge in [0.25, 0.3) is 5.91 Å². The van der Waals surface area contributed by atoms with Crippen molar-refractivity contribution < 1.29 is 28.6 Å². The third kappa shape index (κ3) is 5.99. The van der Waals surface area contributed by atoms with Crippen molar-refractivity contribution in [2.75, 3.05) is 12.4 Å². The number of carbonyl (C=O) groups excluding carboxylic acids is 2. The number of methoxy groups -OCH3 is 1. The van der Waals surface area contributed by atoms with Crippen molar-refractivity contribution in [3.63, 3.8) is 0 Å². The molecule has 0 unspecified atom stereocenters. The second-order valence-electron chi connectivity index (χ2n) is 9.44. The molecule has 0 saturated carbocycles. The highest BCUT2D eigenvalue weighted by Gasteiger charge is 2.24. The van der Waals surface area contributed by atoms with E-state index in [0.29, 0.717) is 16.7 Å². The van der Waals surface area contributed by atoms with E-state index in [4.69, 9.17) is 13.9 Å². The van der Waals surface area contributed by atoms with Crippen LogP contribution in [0.5, 0.6) is 17.2 Å². The van der Waals surface area contributed by atoms with E-state index in [-0.39, 0.29) is 40.1 Å². The van der Waals surface area contributed by atoms with Gasteiger partial charge >= 0.3 is 6.09 Å². The molecule has 0 spiro atoms. The maximum Gasteiger partial charge on any atom is 0.413 e. The molecule has 2 aromatic heterocycles. The van der Waals surface area contributed by atoms with Crippen LogP contribution in [-0.4, -0.2) is 34.7 Å². The number of anilines is 1. The van der Waals surface area contributed by atoms with Crippen molar-refractivity contribution in [1.82, 2.24) is 10.3 Å². The molecule has 0 aliphatic rings. The second-order valence-corrected chi connectivity index (χ2v) is 9.44. The summed E-state index contributed by atoms with van der Waals surface area (Å²) in [5.41, 5.74) is 0.836. The Bertz CT molecular complexity index is 1570. The van der Waals surface area contributed by atoms with Crippen LogP contribution in [0.1, 0.15) is 36.9 Å². The Balaban J connectivity index is 1.90. The highest BCUT2D eigenvalue weighted by molar-refractivity contribution is 6.03. The highest BCUT2D eigenvalue weighted by Crippen LogP contribution is 2.42. The lowest BCUT2D eigenvalue weighted by Crippen LogP contribution is -2.42. The third-order valence-corrected chi connectivity index (χ3v) is 5.44. The number of nitriles is 1. The van der Waals surface area contributed by atoms with Crippen LogP contribution in [0, 0.1) is 11.3 Å². The standard InChI is InChI=1S/C29H26N4O6/c1-29(2,3)33-28(36)39-23-12-7-10-17(25(23)37-4)19-15-21(18-9-5-6-11-22(18)34)31-26(20(19)16-30)32-27(35)24-13-8-14-38-24/h5-15,34H,1-4H3,(H,33,36)(H,31,32,35). The number of benzene rings is 2. The number of hydrogen-bond acceptors (Lipinski definition) is 8.